The molecule has 0 saturated carbocycles. The van der Waals surface area contributed by atoms with Crippen molar-refractivity contribution in [2.75, 3.05) is 10.6 Å². The Kier molecular flexibility index (Phi) is 8.93. The van der Waals surface area contributed by atoms with E-state index in [2.05, 4.69) is 10.6 Å². The van der Waals surface area contributed by atoms with Crippen molar-refractivity contribution in [3.8, 4) is 5.75 Å². The molecule has 2 heterocycles. The van der Waals surface area contributed by atoms with Crippen LogP contribution in [-0.2, 0) is 17.2 Å². The number of rotatable bonds is 9. The Bertz CT molecular complexity index is 1850. The number of nitrogens with zero attached hydrogens (tertiary/aromatic N) is 3. The van der Waals surface area contributed by atoms with Crippen molar-refractivity contribution in [2.24, 2.45) is 0 Å². The highest BCUT2D eigenvalue weighted by atomic mass is 35.5. The van der Waals surface area contributed by atoms with E-state index >= 15 is 0 Å². The number of hydrogen-bond donors (Lipinski definition) is 2. The van der Waals surface area contributed by atoms with Crippen LogP contribution in [-0.4, -0.2) is 20.7 Å². The molecule has 7 nitrogen and oxygen atoms in total. The molecule has 1 atom stereocenters. The predicted molar refractivity (Wildman–Crippen MR) is 178 cm³/mol. The fourth-order valence-electron chi connectivity index (χ4n) is 4.98. The molecule has 1 unspecified atom stereocenters. The van der Waals surface area contributed by atoms with Crippen LogP contribution < -0.4 is 15.4 Å². The molecule has 0 spiro atoms. The molecule has 222 valence electrons. The van der Waals surface area contributed by atoms with Gasteiger partial charge < -0.3 is 15.4 Å². The van der Waals surface area contributed by atoms with Gasteiger partial charge in [0.05, 0.1) is 5.57 Å². The van der Waals surface area contributed by atoms with E-state index in [1.54, 1.807) is 4.68 Å². The number of aryl methyl sites for hydroxylation is 1. The van der Waals surface area contributed by atoms with Gasteiger partial charge in [-0.15, -0.1) is 5.10 Å². The number of allylic oxidation sites excluding steroid dienone is 1. The average molecular weight is 643 g/mol. The molecule has 1 amide bonds. The van der Waals surface area contributed by atoms with E-state index in [1.807, 2.05) is 111 Å². The Morgan fingerprint density at radius 2 is 1.57 bits per heavy atom. The van der Waals surface area contributed by atoms with E-state index < -0.39 is 6.04 Å². The van der Waals surface area contributed by atoms with Crippen LogP contribution in [0.3, 0.4) is 0 Å². The quantitative estimate of drug-likeness (QED) is 0.157. The first-order valence-electron chi connectivity index (χ1n) is 14.0. The van der Waals surface area contributed by atoms with Crippen LogP contribution in [0.15, 0.2) is 113 Å². The van der Waals surface area contributed by atoms with E-state index in [0.29, 0.717) is 50.5 Å². The van der Waals surface area contributed by atoms with Gasteiger partial charge in [-0.3, -0.25) is 4.79 Å². The van der Waals surface area contributed by atoms with Gasteiger partial charge >= 0.3 is 0 Å². The summed E-state index contributed by atoms with van der Waals surface area (Å²) in [6, 6.07) is 30.2. The summed E-state index contributed by atoms with van der Waals surface area (Å²) in [5.41, 5.74) is 5.72. The first kappa shape index (κ1) is 29.8. The van der Waals surface area contributed by atoms with Crippen molar-refractivity contribution < 1.29 is 9.53 Å². The molecule has 0 radical (unpaired) electrons. The summed E-state index contributed by atoms with van der Waals surface area (Å²) in [5, 5.41) is 13.2. The number of carbonyl (C=O) groups is 1. The second kappa shape index (κ2) is 13.2. The van der Waals surface area contributed by atoms with E-state index in [4.69, 9.17) is 38.0 Å². The van der Waals surface area contributed by atoms with Gasteiger partial charge in [0, 0.05) is 32.7 Å². The van der Waals surface area contributed by atoms with Crippen LogP contribution >= 0.6 is 35.0 Å². The van der Waals surface area contributed by atoms with Gasteiger partial charge in [-0.2, -0.15) is 4.98 Å². The summed E-state index contributed by atoms with van der Waals surface area (Å²) in [6.45, 7) is 4.19. The SMILES string of the molecule is CC1=C(C(=O)Nc2ccccc2C)C(c2ccc(OCc3ccccc3Cl)cc2)n2nc(SCc3ccccc3Cl)nc2N1. The van der Waals surface area contributed by atoms with E-state index in [9.17, 15) is 4.79 Å². The average Bonchev–Trinajstić information content (AvgIpc) is 3.43. The molecule has 10 heteroatoms. The third-order valence-corrected chi connectivity index (χ3v) is 8.96. The minimum atomic E-state index is -0.532. The summed E-state index contributed by atoms with van der Waals surface area (Å²) in [6.07, 6.45) is 0. The maximum atomic E-state index is 13.9. The van der Waals surface area contributed by atoms with Gasteiger partial charge in [-0.05, 0) is 60.9 Å². The highest BCUT2D eigenvalue weighted by Crippen LogP contribution is 2.38. The number of amides is 1. The maximum Gasteiger partial charge on any atom is 0.255 e. The summed E-state index contributed by atoms with van der Waals surface area (Å²) in [7, 11) is 0. The van der Waals surface area contributed by atoms with Gasteiger partial charge in [0.25, 0.3) is 5.91 Å². The Labute approximate surface area is 270 Å². The van der Waals surface area contributed by atoms with Crippen molar-refractivity contribution in [3.63, 3.8) is 0 Å². The minimum Gasteiger partial charge on any atom is -0.489 e. The fourth-order valence-corrected chi connectivity index (χ4v) is 6.28. The highest BCUT2D eigenvalue weighted by Gasteiger charge is 2.34. The normalized spacial score (nSPS) is 14.1. The largest absolute Gasteiger partial charge is 0.489 e. The Morgan fingerprint density at radius 1 is 0.909 bits per heavy atom. The molecule has 1 aliphatic heterocycles. The Morgan fingerprint density at radius 3 is 2.27 bits per heavy atom. The summed E-state index contributed by atoms with van der Waals surface area (Å²) < 4.78 is 7.80. The van der Waals surface area contributed by atoms with Gasteiger partial charge in [0.1, 0.15) is 18.4 Å². The molecule has 0 bridgehead atoms. The van der Waals surface area contributed by atoms with Gasteiger partial charge in [-0.1, -0.05) is 102 Å². The van der Waals surface area contributed by atoms with Crippen LogP contribution in [0.2, 0.25) is 10.0 Å². The van der Waals surface area contributed by atoms with Crippen molar-refractivity contribution in [1.29, 1.82) is 0 Å². The summed E-state index contributed by atoms with van der Waals surface area (Å²) >= 11 is 14.2. The molecule has 1 aliphatic rings. The number of halogens is 2. The van der Waals surface area contributed by atoms with Crippen molar-refractivity contribution in [3.05, 3.63) is 141 Å². The lowest BCUT2D eigenvalue weighted by Gasteiger charge is -2.29. The van der Waals surface area contributed by atoms with E-state index in [-0.39, 0.29) is 5.91 Å². The molecule has 6 rings (SSSR count). The molecular formula is C34H29Cl2N5O2S. The third-order valence-electron chi connectivity index (χ3n) is 7.33. The summed E-state index contributed by atoms with van der Waals surface area (Å²) in [4.78, 5) is 18.7. The molecule has 44 heavy (non-hydrogen) atoms. The molecule has 1 aromatic heterocycles. The van der Waals surface area contributed by atoms with Crippen LogP contribution in [0.5, 0.6) is 5.75 Å². The smallest absolute Gasteiger partial charge is 0.255 e. The zero-order chi connectivity index (χ0) is 30.6. The molecule has 5 aromatic rings. The Balaban J connectivity index is 1.31. The Hall–Kier alpha value is -4.24. The number of fused-ring (bicyclic) bond motifs is 1. The molecule has 2 N–H and O–H groups in total. The first-order valence-corrected chi connectivity index (χ1v) is 15.7. The molecule has 4 aromatic carbocycles. The van der Waals surface area contributed by atoms with Crippen LogP contribution in [0.1, 0.15) is 35.2 Å². The van der Waals surface area contributed by atoms with Crippen LogP contribution in [0.25, 0.3) is 0 Å². The predicted octanol–water partition coefficient (Wildman–Crippen LogP) is 8.69. The second-order valence-electron chi connectivity index (χ2n) is 10.3. The van der Waals surface area contributed by atoms with Crippen molar-refractivity contribution in [2.45, 2.75) is 37.4 Å². The van der Waals surface area contributed by atoms with Crippen LogP contribution in [0.4, 0.5) is 11.6 Å². The summed E-state index contributed by atoms with van der Waals surface area (Å²) in [5.74, 6) is 1.63. The standard InChI is InChI=1S/C34H29Cl2N5O2S/c1-21-9-3-8-14-29(21)38-32(42)30-22(2)37-33-39-34(44-20-25-11-5-7-13-28(25)36)40-41(33)31(30)23-15-17-26(18-16-23)43-19-24-10-4-6-12-27(24)35/h3-18,31H,19-20H2,1-2H3,(H,38,42)(H,37,39,40). The minimum absolute atomic E-state index is 0.222. The van der Waals surface area contributed by atoms with E-state index in [0.717, 1.165) is 27.9 Å². The second-order valence-corrected chi connectivity index (χ2v) is 12.1. The lowest BCUT2D eigenvalue weighted by atomic mass is 9.95. The number of carbonyl (C=O) groups excluding carboxylic acids is 1. The topological polar surface area (TPSA) is 81.1 Å². The molecule has 0 aliphatic carbocycles. The fraction of sp³-hybridized carbons (Fsp3) is 0.147. The number of para-hydroxylation sites is 1. The number of ether oxygens (including phenoxy) is 1. The number of thioether (sulfide) groups is 1. The van der Waals surface area contributed by atoms with Gasteiger partial charge in [-0.25, -0.2) is 4.68 Å². The lowest BCUT2D eigenvalue weighted by Crippen LogP contribution is -2.31. The first-order chi connectivity index (χ1) is 21.4. The van der Waals surface area contributed by atoms with Crippen molar-refractivity contribution in [1.82, 2.24) is 14.8 Å². The van der Waals surface area contributed by atoms with Gasteiger partial charge in [0.2, 0.25) is 11.1 Å². The molecule has 0 saturated heterocycles. The highest BCUT2D eigenvalue weighted by molar-refractivity contribution is 7.98. The lowest BCUT2D eigenvalue weighted by molar-refractivity contribution is -0.113. The third kappa shape index (κ3) is 6.48. The van der Waals surface area contributed by atoms with Crippen LogP contribution in [0, 0.1) is 6.92 Å². The number of nitrogens with one attached hydrogen (secondary N) is 2. The zero-order valence-corrected chi connectivity index (χ0v) is 26.4. The van der Waals surface area contributed by atoms with Gasteiger partial charge in [0.15, 0.2) is 0 Å². The molecule has 0 fully saturated rings. The number of hydrogen-bond acceptors (Lipinski definition) is 6. The van der Waals surface area contributed by atoms with E-state index in [1.165, 1.54) is 11.8 Å². The zero-order valence-electron chi connectivity index (χ0n) is 24.1. The molecular weight excluding hydrogens is 613 g/mol. The monoisotopic (exact) mass is 641 g/mol. The maximum absolute atomic E-state index is 13.9. The number of anilines is 2. The number of benzene rings is 4. The van der Waals surface area contributed by atoms with Crippen molar-refractivity contribution >= 4 is 52.5 Å². The number of aromatic nitrogens is 3.